The molecule has 19 heavy (non-hydrogen) atoms. The van der Waals surface area contributed by atoms with Gasteiger partial charge in [-0.1, -0.05) is 37.3 Å². The van der Waals surface area contributed by atoms with E-state index in [0.29, 0.717) is 0 Å². The Bertz CT molecular complexity index is 743. The van der Waals surface area contributed by atoms with E-state index in [2.05, 4.69) is 45.7 Å². The van der Waals surface area contributed by atoms with Crippen molar-refractivity contribution in [3.8, 4) is 0 Å². The molecule has 0 aliphatic heterocycles. The van der Waals surface area contributed by atoms with E-state index in [0.717, 1.165) is 22.2 Å². The molecule has 1 aromatic carbocycles. The summed E-state index contributed by atoms with van der Waals surface area (Å²) in [7, 11) is 0. The smallest absolute Gasteiger partial charge is 0.178 e. The van der Waals surface area contributed by atoms with Gasteiger partial charge in [0.05, 0.1) is 23.3 Å². The molecule has 1 unspecified atom stereocenters. The molecule has 0 aliphatic rings. The van der Waals surface area contributed by atoms with E-state index < -0.39 is 0 Å². The molecule has 0 spiro atoms. The van der Waals surface area contributed by atoms with Crippen LogP contribution >= 0.6 is 12.2 Å². The van der Waals surface area contributed by atoms with Crippen molar-refractivity contribution in [1.29, 1.82) is 0 Å². The van der Waals surface area contributed by atoms with Crippen LogP contribution in [-0.2, 0) is 0 Å². The third kappa shape index (κ3) is 2.08. The standard InChI is InChI=1S/C15H15N3S/c1-2-13(11-6-4-3-5-7-11)18-14-8-9-16-10-12(14)17-15(18)19/h3-10,13H,2H2,1H3,(H,17,19). The number of hydrogen-bond acceptors (Lipinski definition) is 2. The molecule has 0 bridgehead atoms. The summed E-state index contributed by atoms with van der Waals surface area (Å²) in [4.78, 5) is 7.36. The minimum atomic E-state index is 0.254. The SMILES string of the molecule is CCC(c1ccccc1)n1c(=S)[nH]c2cnccc21. The van der Waals surface area contributed by atoms with E-state index in [1.54, 1.807) is 6.20 Å². The van der Waals surface area contributed by atoms with Crippen LogP contribution in [0.3, 0.4) is 0 Å². The molecule has 3 aromatic rings. The zero-order chi connectivity index (χ0) is 13.2. The van der Waals surface area contributed by atoms with Crippen molar-refractivity contribution in [2.75, 3.05) is 0 Å². The summed E-state index contributed by atoms with van der Waals surface area (Å²) in [6, 6.07) is 12.7. The second-order valence-electron chi connectivity index (χ2n) is 4.53. The average Bonchev–Trinajstić information content (AvgIpc) is 2.78. The Morgan fingerprint density at radius 2 is 2.05 bits per heavy atom. The summed E-state index contributed by atoms with van der Waals surface area (Å²) in [6.45, 7) is 2.18. The predicted molar refractivity (Wildman–Crippen MR) is 79.8 cm³/mol. The zero-order valence-corrected chi connectivity index (χ0v) is 11.5. The molecule has 96 valence electrons. The van der Waals surface area contributed by atoms with Crippen LogP contribution in [0.1, 0.15) is 24.9 Å². The van der Waals surface area contributed by atoms with Crippen LogP contribution in [0.2, 0.25) is 0 Å². The van der Waals surface area contributed by atoms with Crippen LogP contribution in [0.25, 0.3) is 11.0 Å². The Balaban J connectivity index is 2.22. The number of hydrogen-bond donors (Lipinski definition) is 1. The fourth-order valence-electron chi connectivity index (χ4n) is 2.53. The van der Waals surface area contributed by atoms with Crippen molar-refractivity contribution in [3.63, 3.8) is 0 Å². The molecule has 1 N–H and O–H groups in total. The third-order valence-corrected chi connectivity index (χ3v) is 3.70. The molecular weight excluding hydrogens is 254 g/mol. The van der Waals surface area contributed by atoms with Gasteiger partial charge in [0.2, 0.25) is 0 Å². The zero-order valence-electron chi connectivity index (χ0n) is 10.7. The Hall–Kier alpha value is -1.94. The Morgan fingerprint density at radius 1 is 1.26 bits per heavy atom. The van der Waals surface area contributed by atoms with Crippen LogP contribution in [-0.4, -0.2) is 14.5 Å². The van der Waals surface area contributed by atoms with E-state index in [-0.39, 0.29) is 6.04 Å². The van der Waals surface area contributed by atoms with Gasteiger partial charge in [-0.25, -0.2) is 0 Å². The number of aromatic amines is 1. The summed E-state index contributed by atoms with van der Waals surface area (Å²) < 4.78 is 2.93. The highest BCUT2D eigenvalue weighted by Gasteiger charge is 2.15. The van der Waals surface area contributed by atoms with Crippen LogP contribution in [0, 0.1) is 4.77 Å². The van der Waals surface area contributed by atoms with E-state index in [9.17, 15) is 0 Å². The second-order valence-corrected chi connectivity index (χ2v) is 4.91. The molecule has 0 fully saturated rings. The fraction of sp³-hybridized carbons (Fsp3) is 0.200. The van der Waals surface area contributed by atoms with Gasteiger partial charge in [-0.3, -0.25) is 4.98 Å². The third-order valence-electron chi connectivity index (χ3n) is 3.40. The van der Waals surface area contributed by atoms with Gasteiger partial charge in [0, 0.05) is 6.20 Å². The highest BCUT2D eigenvalue weighted by molar-refractivity contribution is 7.71. The van der Waals surface area contributed by atoms with Gasteiger partial charge in [0.25, 0.3) is 0 Å². The molecule has 0 aliphatic carbocycles. The number of nitrogens with zero attached hydrogens (tertiary/aromatic N) is 2. The van der Waals surface area contributed by atoms with Gasteiger partial charge >= 0.3 is 0 Å². The maximum Gasteiger partial charge on any atom is 0.178 e. The summed E-state index contributed by atoms with van der Waals surface area (Å²) in [6.07, 6.45) is 4.62. The first-order valence-electron chi connectivity index (χ1n) is 6.40. The molecule has 0 saturated carbocycles. The summed E-state index contributed by atoms with van der Waals surface area (Å²) >= 11 is 5.48. The Kier molecular flexibility index (Phi) is 3.17. The Morgan fingerprint density at radius 3 is 2.79 bits per heavy atom. The van der Waals surface area contributed by atoms with Gasteiger partial charge in [0.15, 0.2) is 4.77 Å². The minimum Gasteiger partial charge on any atom is -0.329 e. The van der Waals surface area contributed by atoms with E-state index in [4.69, 9.17) is 12.2 Å². The lowest BCUT2D eigenvalue weighted by molar-refractivity contribution is 0.575. The monoisotopic (exact) mass is 269 g/mol. The molecule has 3 rings (SSSR count). The van der Waals surface area contributed by atoms with Crippen molar-refractivity contribution >= 4 is 23.3 Å². The quantitative estimate of drug-likeness (QED) is 0.726. The average molecular weight is 269 g/mol. The lowest BCUT2D eigenvalue weighted by Crippen LogP contribution is -2.09. The molecule has 0 amide bonds. The predicted octanol–water partition coefficient (Wildman–Crippen LogP) is 4.09. The fourth-order valence-corrected chi connectivity index (χ4v) is 2.87. The lowest BCUT2D eigenvalue weighted by atomic mass is 10.0. The molecule has 2 heterocycles. The van der Waals surface area contributed by atoms with Crippen molar-refractivity contribution in [2.24, 2.45) is 0 Å². The molecule has 2 aromatic heterocycles. The summed E-state index contributed by atoms with van der Waals surface area (Å²) in [5, 5.41) is 0. The number of benzene rings is 1. The molecule has 1 atom stereocenters. The molecule has 0 radical (unpaired) electrons. The van der Waals surface area contributed by atoms with Gasteiger partial charge in [-0.05, 0) is 30.3 Å². The van der Waals surface area contributed by atoms with Crippen LogP contribution < -0.4 is 0 Å². The van der Waals surface area contributed by atoms with Crippen molar-refractivity contribution in [3.05, 3.63) is 59.1 Å². The topological polar surface area (TPSA) is 33.6 Å². The lowest BCUT2D eigenvalue weighted by Gasteiger charge is -2.18. The number of aromatic nitrogens is 3. The number of nitrogens with one attached hydrogen (secondary N) is 1. The van der Waals surface area contributed by atoms with Gasteiger partial charge < -0.3 is 9.55 Å². The molecule has 0 saturated heterocycles. The van der Waals surface area contributed by atoms with Crippen molar-refractivity contribution in [2.45, 2.75) is 19.4 Å². The summed E-state index contributed by atoms with van der Waals surface area (Å²) in [5.74, 6) is 0. The van der Waals surface area contributed by atoms with Gasteiger partial charge in [-0.15, -0.1) is 0 Å². The number of H-pyrrole nitrogens is 1. The maximum atomic E-state index is 5.48. The molecule has 3 nitrogen and oxygen atoms in total. The number of rotatable bonds is 3. The van der Waals surface area contributed by atoms with Gasteiger partial charge in [-0.2, -0.15) is 0 Å². The number of imidazole rings is 1. The number of fused-ring (bicyclic) bond motifs is 1. The minimum absolute atomic E-state index is 0.254. The molecular formula is C15H15N3S. The molecule has 4 heteroatoms. The maximum absolute atomic E-state index is 5.48. The highest BCUT2D eigenvalue weighted by atomic mass is 32.1. The van der Waals surface area contributed by atoms with Crippen molar-refractivity contribution < 1.29 is 0 Å². The van der Waals surface area contributed by atoms with E-state index >= 15 is 0 Å². The van der Waals surface area contributed by atoms with Crippen LogP contribution in [0.5, 0.6) is 0 Å². The van der Waals surface area contributed by atoms with E-state index in [1.807, 2.05) is 18.3 Å². The van der Waals surface area contributed by atoms with Crippen LogP contribution in [0.15, 0.2) is 48.8 Å². The first-order valence-corrected chi connectivity index (χ1v) is 6.81. The second kappa shape index (κ2) is 4.97. The number of pyridine rings is 1. The largest absolute Gasteiger partial charge is 0.329 e. The van der Waals surface area contributed by atoms with E-state index in [1.165, 1.54) is 5.56 Å². The first kappa shape index (κ1) is 12.1. The van der Waals surface area contributed by atoms with Gasteiger partial charge in [0.1, 0.15) is 0 Å². The van der Waals surface area contributed by atoms with Crippen molar-refractivity contribution in [1.82, 2.24) is 14.5 Å². The normalized spacial score (nSPS) is 12.7. The van der Waals surface area contributed by atoms with Crippen LogP contribution in [0.4, 0.5) is 0 Å². The Labute approximate surface area is 116 Å². The summed E-state index contributed by atoms with van der Waals surface area (Å²) in [5.41, 5.74) is 3.37. The first-order chi connectivity index (χ1) is 9.31. The highest BCUT2D eigenvalue weighted by Crippen LogP contribution is 2.26.